The van der Waals surface area contributed by atoms with Gasteiger partial charge in [0.25, 0.3) is 6.47 Å². The van der Waals surface area contributed by atoms with Gasteiger partial charge in [0.2, 0.25) is 6.29 Å². The Labute approximate surface area is 168 Å². The summed E-state index contributed by atoms with van der Waals surface area (Å²) in [7, 11) is 0. The van der Waals surface area contributed by atoms with Crippen molar-refractivity contribution in [2.24, 2.45) is 0 Å². The number of hydrogen-bond donors (Lipinski definition) is 1. The maximum absolute atomic E-state index is 11.2. The Morgan fingerprint density at radius 2 is 1.90 bits per heavy atom. The number of nitrogens with zero attached hydrogens (tertiary/aromatic N) is 3. The summed E-state index contributed by atoms with van der Waals surface area (Å²) in [5, 5.41) is 18.2. The van der Waals surface area contributed by atoms with Crippen molar-refractivity contribution >= 4 is 6.47 Å². The molecule has 2 aromatic carbocycles. The van der Waals surface area contributed by atoms with Crippen LogP contribution in [-0.2, 0) is 20.9 Å². The highest BCUT2D eigenvalue weighted by atomic mass is 16.7. The summed E-state index contributed by atoms with van der Waals surface area (Å²) < 4.78 is 11.2. The van der Waals surface area contributed by atoms with Crippen LogP contribution in [0, 0.1) is 29.6 Å². The van der Waals surface area contributed by atoms with Crippen molar-refractivity contribution in [3.63, 3.8) is 0 Å². The zero-order chi connectivity index (χ0) is 20.6. The number of imidazole rings is 1. The van der Waals surface area contributed by atoms with Gasteiger partial charge >= 0.3 is 0 Å². The Bertz CT molecular complexity index is 1060. The highest BCUT2D eigenvalue weighted by Crippen LogP contribution is 2.32. The molecule has 0 bridgehead atoms. The van der Waals surface area contributed by atoms with E-state index in [1.165, 1.54) is 0 Å². The van der Waals surface area contributed by atoms with E-state index in [-0.39, 0.29) is 6.61 Å². The van der Waals surface area contributed by atoms with Crippen LogP contribution in [-0.4, -0.2) is 22.7 Å². The van der Waals surface area contributed by atoms with E-state index >= 15 is 0 Å². The maximum atomic E-state index is 11.2. The van der Waals surface area contributed by atoms with Crippen molar-refractivity contribution in [1.82, 2.24) is 9.97 Å². The molecule has 0 saturated heterocycles. The van der Waals surface area contributed by atoms with Crippen molar-refractivity contribution in [2.45, 2.75) is 25.7 Å². The van der Waals surface area contributed by atoms with Gasteiger partial charge in [0.1, 0.15) is 0 Å². The molecule has 0 radical (unpaired) electrons. The van der Waals surface area contributed by atoms with Gasteiger partial charge in [-0.05, 0) is 42.3 Å². The van der Waals surface area contributed by atoms with Crippen LogP contribution < -0.4 is 0 Å². The molecule has 0 fully saturated rings. The fourth-order valence-corrected chi connectivity index (χ4v) is 3.05. The molecule has 1 aromatic heterocycles. The monoisotopic (exact) mass is 386 g/mol. The van der Waals surface area contributed by atoms with Crippen LogP contribution in [0.25, 0.3) is 0 Å². The van der Waals surface area contributed by atoms with E-state index in [0.29, 0.717) is 23.3 Å². The topological polar surface area (TPSA) is 112 Å². The van der Waals surface area contributed by atoms with Crippen molar-refractivity contribution in [2.75, 3.05) is 0 Å². The summed E-state index contributed by atoms with van der Waals surface area (Å²) in [6.07, 6.45) is 0.601. The molecule has 7 nitrogen and oxygen atoms in total. The predicted molar refractivity (Wildman–Crippen MR) is 103 cm³/mol. The second-order valence-corrected chi connectivity index (χ2v) is 6.35. The standard InChI is InChI=1S/C22H18N4O3/c1-15-21(26-13-25-15)20(19-4-2-3-18(9-19)11-24)22(29-14-27)28-12-17-7-5-16(10-23)6-8-17/h2-9,13-14,20,22H,12H2,1H3,(H,25,26). The minimum atomic E-state index is -0.959. The van der Waals surface area contributed by atoms with E-state index in [4.69, 9.17) is 14.7 Å². The van der Waals surface area contributed by atoms with Crippen LogP contribution in [0.1, 0.15) is 39.6 Å². The van der Waals surface area contributed by atoms with Gasteiger partial charge in [0.05, 0.1) is 47.8 Å². The van der Waals surface area contributed by atoms with E-state index in [1.54, 1.807) is 48.8 Å². The molecule has 0 spiro atoms. The molecule has 29 heavy (non-hydrogen) atoms. The lowest BCUT2D eigenvalue weighted by Crippen LogP contribution is -2.27. The summed E-state index contributed by atoms with van der Waals surface area (Å²) in [5.74, 6) is -0.530. The average molecular weight is 386 g/mol. The first-order valence-electron chi connectivity index (χ1n) is 8.86. The number of carbonyl (C=O) groups excluding carboxylic acids is 1. The second kappa shape index (κ2) is 9.32. The van der Waals surface area contributed by atoms with Crippen LogP contribution in [0.15, 0.2) is 54.9 Å². The number of aromatic nitrogens is 2. The minimum Gasteiger partial charge on any atom is -0.437 e. The van der Waals surface area contributed by atoms with E-state index in [9.17, 15) is 10.1 Å². The molecule has 1 heterocycles. The molecule has 3 aromatic rings. The first kappa shape index (κ1) is 19.8. The Morgan fingerprint density at radius 1 is 1.14 bits per heavy atom. The smallest absolute Gasteiger partial charge is 0.295 e. The molecule has 0 aliphatic rings. The molecule has 0 amide bonds. The third-order valence-electron chi connectivity index (χ3n) is 4.50. The van der Waals surface area contributed by atoms with Gasteiger partial charge < -0.3 is 14.5 Å². The Hall–Kier alpha value is -3.94. The molecule has 2 atom stereocenters. The van der Waals surface area contributed by atoms with Crippen molar-refractivity contribution in [1.29, 1.82) is 10.5 Å². The maximum Gasteiger partial charge on any atom is 0.295 e. The number of nitrogens with one attached hydrogen (secondary N) is 1. The van der Waals surface area contributed by atoms with Crippen LogP contribution in [0.3, 0.4) is 0 Å². The Balaban J connectivity index is 1.93. The van der Waals surface area contributed by atoms with Crippen molar-refractivity contribution in [3.8, 4) is 12.1 Å². The van der Waals surface area contributed by atoms with Gasteiger partial charge in [-0.25, -0.2) is 4.98 Å². The predicted octanol–water partition coefficient (Wildman–Crippen LogP) is 3.31. The molecule has 0 saturated carbocycles. The Kier molecular flexibility index (Phi) is 6.36. The van der Waals surface area contributed by atoms with Crippen LogP contribution in [0.5, 0.6) is 0 Å². The normalized spacial score (nSPS) is 12.4. The summed E-state index contributed by atoms with van der Waals surface area (Å²) >= 11 is 0. The number of hydrogen-bond acceptors (Lipinski definition) is 6. The van der Waals surface area contributed by atoms with E-state index < -0.39 is 12.2 Å². The number of ether oxygens (including phenoxy) is 2. The van der Waals surface area contributed by atoms with E-state index in [1.807, 2.05) is 13.0 Å². The lowest BCUT2D eigenvalue weighted by Gasteiger charge is -2.25. The van der Waals surface area contributed by atoms with Gasteiger partial charge in [-0.15, -0.1) is 0 Å². The fourth-order valence-electron chi connectivity index (χ4n) is 3.05. The largest absolute Gasteiger partial charge is 0.437 e. The first-order valence-corrected chi connectivity index (χ1v) is 8.86. The molecule has 2 unspecified atom stereocenters. The number of rotatable bonds is 8. The number of aryl methyl sites for hydroxylation is 1. The highest BCUT2D eigenvalue weighted by Gasteiger charge is 2.31. The van der Waals surface area contributed by atoms with Gasteiger partial charge in [-0.2, -0.15) is 10.5 Å². The fraction of sp³-hybridized carbons (Fsp3) is 0.182. The molecule has 0 aliphatic heterocycles. The van der Waals surface area contributed by atoms with Crippen molar-refractivity contribution < 1.29 is 14.3 Å². The lowest BCUT2D eigenvalue weighted by molar-refractivity contribution is -0.170. The van der Waals surface area contributed by atoms with Crippen LogP contribution in [0.2, 0.25) is 0 Å². The lowest BCUT2D eigenvalue weighted by atomic mass is 9.92. The quantitative estimate of drug-likeness (QED) is 0.469. The third-order valence-corrected chi connectivity index (χ3v) is 4.50. The summed E-state index contributed by atoms with van der Waals surface area (Å²) in [6, 6.07) is 18.2. The zero-order valence-electron chi connectivity index (χ0n) is 15.7. The molecule has 144 valence electrons. The number of carbonyl (C=O) groups is 1. The number of nitriles is 2. The van der Waals surface area contributed by atoms with Crippen molar-refractivity contribution in [3.05, 3.63) is 88.5 Å². The number of H-pyrrole nitrogens is 1. The summed E-state index contributed by atoms with van der Waals surface area (Å²) in [5.41, 5.74) is 4.06. The van der Waals surface area contributed by atoms with Crippen LogP contribution in [0.4, 0.5) is 0 Å². The van der Waals surface area contributed by atoms with Gasteiger partial charge in [-0.1, -0.05) is 24.3 Å². The molecule has 7 heteroatoms. The molecule has 1 N–H and O–H groups in total. The van der Waals surface area contributed by atoms with E-state index in [2.05, 4.69) is 22.1 Å². The SMILES string of the molecule is Cc1[nH]cnc1C(c1cccc(C#N)c1)C(OC=O)OCc1ccc(C#N)cc1. The van der Waals surface area contributed by atoms with Gasteiger partial charge in [0, 0.05) is 5.69 Å². The Morgan fingerprint density at radius 3 is 2.52 bits per heavy atom. The third kappa shape index (κ3) is 4.67. The first-order chi connectivity index (χ1) is 14.2. The minimum absolute atomic E-state index is 0.169. The number of benzene rings is 2. The molecular weight excluding hydrogens is 368 g/mol. The van der Waals surface area contributed by atoms with Crippen LogP contribution >= 0.6 is 0 Å². The average Bonchev–Trinajstić information content (AvgIpc) is 3.18. The molecular formula is C22H18N4O3. The summed E-state index contributed by atoms with van der Waals surface area (Å²) in [4.78, 5) is 18.6. The second-order valence-electron chi connectivity index (χ2n) is 6.35. The van der Waals surface area contributed by atoms with Gasteiger partial charge in [-0.3, -0.25) is 4.79 Å². The summed E-state index contributed by atoms with van der Waals surface area (Å²) in [6.45, 7) is 2.37. The molecule has 0 aliphatic carbocycles. The zero-order valence-corrected chi connectivity index (χ0v) is 15.7. The number of aromatic amines is 1. The highest BCUT2D eigenvalue weighted by molar-refractivity contribution is 5.41. The molecule has 3 rings (SSSR count). The van der Waals surface area contributed by atoms with E-state index in [0.717, 1.165) is 16.8 Å². The van der Waals surface area contributed by atoms with Gasteiger partial charge in [0.15, 0.2) is 0 Å².